The Hall–Kier alpha value is -4.17. The van der Waals surface area contributed by atoms with E-state index in [1.807, 2.05) is 48.7 Å². The van der Waals surface area contributed by atoms with Gasteiger partial charge in [-0.2, -0.15) is 0 Å². The van der Waals surface area contributed by atoms with Crippen LogP contribution in [0.3, 0.4) is 0 Å². The Balaban J connectivity index is 1.55. The number of aliphatic carboxylic acids is 1. The van der Waals surface area contributed by atoms with Gasteiger partial charge < -0.3 is 20.4 Å². The van der Waals surface area contributed by atoms with Crippen molar-refractivity contribution in [2.45, 2.75) is 12.8 Å². The standard InChI is InChI=1S/C27H19BrN4O3/c28-14-5-8-22-19(11-14)21(13-29-22)27-31-25-18-4-2-1-3-16(18)17-7-6-15(12-20(17)26(25)32-27)30-23(33)9-10-24(34)35/h1-8,11-13,29H,9-10H2,(H,30,33)(H,31,32)(H,34,35). The lowest BCUT2D eigenvalue weighted by atomic mass is 9.99. The number of H-pyrrole nitrogens is 2. The van der Waals surface area contributed by atoms with Crippen LogP contribution in [0.15, 0.2) is 71.3 Å². The number of aromatic nitrogens is 3. The van der Waals surface area contributed by atoms with Crippen LogP contribution in [0.1, 0.15) is 12.8 Å². The normalized spacial score (nSPS) is 11.6. The van der Waals surface area contributed by atoms with Crippen molar-refractivity contribution in [1.82, 2.24) is 15.0 Å². The molecule has 0 unspecified atom stereocenters. The van der Waals surface area contributed by atoms with Gasteiger partial charge in [-0.15, -0.1) is 0 Å². The first-order valence-electron chi connectivity index (χ1n) is 11.1. The molecule has 0 fully saturated rings. The zero-order valence-corrected chi connectivity index (χ0v) is 19.9. The number of hydrogen-bond donors (Lipinski definition) is 4. The molecule has 2 heterocycles. The smallest absolute Gasteiger partial charge is 0.303 e. The minimum absolute atomic E-state index is 0.0802. The number of carboxylic acids is 1. The van der Waals surface area contributed by atoms with Crippen LogP contribution in [0.4, 0.5) is 5.69 Å². The molecule has 1 amide bonds. The van der Waals surface area contributed by atoms with Gasteiger partial charge in [-0.25, -0.2) is 4.98 Å². The van der Waals surface area contributed by atoms with Gasteiger partial charge in [0, 0.05) is 50.0 Å². The molecule has 0 atom stereocenters. The SMILES string of the molecule is O=C(O)CCC(=O)Nc1ccc2c3ccccc3c3[nH]c(-c4c[nH]c5ccc(Br)cc45)nc3c2c1. The minimum atomic E-state index is -1.000. The van der Waals surface area contributed by atoms with E-state index in [9.17, 15) is 9.59 Å². The summed E-state index contributed by atoms with van der Waals surface area (Å²) in [5.41, 5.74) is 4.31. The fourth-order valence-electron chi connectivity index (χ4n) is 4.61. The van der Waals surface area contributed by atoms with Crippen LogP contribution in [0.25, 0.3) is 54.9 Å². The van der Waals surface area contributed by atoms with E-state index in [4.69, 9.17) is 10.1 Å². The molecule has 2 aromatic heterocycles. The molecule has 0 saturated carbocycles. The van der Waals surface area contributed by atoms with E-state index in [0.29, 0.717) is 5.69 Å². The number of aromatic amines is 2. The van der Waals surface area contributed by atoms with Crippen LogP contribution in [-0.4, -0.2) is 31.9 Å². The van der Waals surface area contributed by atoms with Crippen LogP contribution in [0.5, 0.6) is 0 Å². The summed E-state index contributed by atoms with van der Waals surface area (Å²) in [5.74, 6) is -0.589. The Morgan fingerprint density at radius 2 is 1.71 bits per heavy atom. The quantitative estimate of drug-likeness (QED) is 0.190. The lowest BCUT2D eigenvalue weighted by Crippen LogP contribution is -2.13. The summed E-state index contributed by atoms with van der Waals surface area (Å²) in [4.78, 5) is 34.9. The maximum atomic E-state index is 12.2. The first kappa shape index (κ1) is 21.4. The molecule has 0 aliphatic carbocycles. The van der Waals surface area contributed by atoms with Gasteiger partial charge in [-0.1, -0.05) is 46.3 Å². The van der Waals surface area contributed by atoms with Gasteiger partial charge in [-0.3, -0.25) is 9.59 Å². The number of carbonyl (C=O) groups excluding carboxylic acids is 1. The predicted octanol–water partition coefficient (Wildman–Crippen LogP) is 6.58. The Labute approximate surface area is 207 Å². The lowest BCUT2D eigenvalue weighted by Gasteiger charge is -2.09. The van der Waals surface area contributed by atoms with Crippen LogP contribution in [0.2, 0.25) is 0 Å². The molecule has 0 spiro atoms. The first-order chi connectivity index (χ1) is 17.0. The van der Waals surface area contributed by atoms with Crippen molar-refractivity contribution in [2.24, 2.45) is 0 Å². The van der Waals surface area contributed by atoms with Crippen LogP contribution in [0, 0.1) is 0 Å². The van der Waals surface area contributed by atoms with E-state index in [0.717, 1.165) is 59.3 Å². The molecule has 172 valence electrons. The summed E-state index contributed by atoms with van der Waals surface area (Å²) >= 11 is 3.56. The molecule has 6 rings (SSSR count). The van der Waals surface area contributed by atoms with Crippen molar-refractivity contribution in [3.05, 3.63) is 71.3 Å². The third kappa shape index (κ3) is 3.72. The number of benzene rings is 4. The van der Waals surface area contributed by atoms with E-state index in [-0.39, 0.29) is 18.7 Å². The van der Waals surface area contributed by atoms with Crippen LogP contribution in [-0.2, 0) is 9.59 Å². The van der Waals surface area contributed by atoms with Gasteiger partial charge in [0.25, 0.3) is 0 Å². The van der Waals surface area contributed by atoms with E-state index in [1.165, 1.54) is 0 Å². The van der Waals surface area contributed by atoms with Crippen LogP contribution >= 0.6 is 15.9 Å². The Bertz CT molecular complexity index is 1800. The van der Waals surface area contributed by atoms with Gasteiger partial charge in [-0.05, 0) is 41.1 Å². The number of amides is 1. The monoisotopic (exact) mass is 526 g/mol. The van der Waals surface area contributed by atoms with Gasteiger partial charge in [0.2, 0.25) is 5.91 Å². The zero-order chi connectivity index (χ0) is 24.1. The molecule has 0 aliphatic rings. The number of imidazole rings is 1. The number of rotatable bonds is 5. The highest BCUT2D eigenvalue weighted by molar-refractivity contribution is 9.10. The summed E-state index contributed by atoms with van der Waals surface area (Å²) in [7, 11) is 0. The number of carboxylic acid groups (broad SMARTS) is 1. The largest absolute Gasteiger partial charge is 0.481 e. The molecule has 4 N–H and O–H groups in total. The van der Waals surface area contributed by atoms with Gasteiger partial charge in [0.1, 0.15) is 5.82 Å². The lowest BCUT2D eigenvalue weighted by molar-refractivity contribution is -0.138. The number of halogens is 1. The number of hydrogen-bond acceptors (Lipinski definition) is 3. The maximum absolute atomic E-state index is 12.2. The molecular formula is C27H19BrN4O3. The van der Waals surface area contributed by atoms with Crippen molar-refractivity contribution in [1.29, 1.82) is 0 Å². The summed E-state index contributed by atoms with van der Waals surface area (Å²) in [6.07, 6.45) is 1.66. The van der Waals surface area contributed by atoms with Crippen LogP contribution < -0.4 is 5.32 Å². The third-order valence-electron chi connectivity index (χ3n) is 6.21. The highest BCUT2D eigenvalue weighted by Gasteiger charge is 2.17. The molecule has 4 aromatic carbocycles. The summed E-state index contributed by atoms with van der Waals surface area (Å²) in [6, 6.07) is 20.0. The van der Waals surface area contributed by atoms with Gasteiger partial charge >= 0.3 is 5.97 Å². The summed E-state index contributed by atoms with van der Waals surface area (Å²) in [6.45, 7) is 0. The Morgan fingerprint density at radius 1 is 0.914 bits per heavy atom. The Kier molecular flexibility index (Phi) is 5.04. The van der Waals surface area contributed by atoms with Crippen molar-refractivity contribution in [2.75, 3.05) is 5.32 Å². The van der Waals surface area contributed by atoms with Crippen molar-refractivity contribution in [3.63, 3.8) is 0 Å². The second kappa shape index (κ2) is 8.25. The maximum Gasteiger partial charge on any atom is 0.303 e. The molecule has 7 nitrogen and oxygen atoms in total. The number of anilines is 1. The van der Waals surface area contributed by atoms with E-state index in [2.05, 4.69) is 49.4 Å². The molecular weight excluding hydrogens is 508 g/mol. The van der Waals surface area contributed by atoms with Crippen molar-refractivity contribution >= 4 is 77.0 Å². The number of fused-ring (bicyclic) bond motifs is 7. The second-order valence-corrected chi connectivity index (χ2v) is 9.36. The Morgan fingerprint density at radius 3 is 2.54 bits per heavy atom. The molecule has 6 aromatic rings. The van der Waals surface area contributed by atoms with E-state index >= 15 is 0 Å². The highest BCUT2D eigenvalue weighted by atomic mass is 79.9. The average molecular weight is 527 g/mol. The minimum Gasteiger partial charge on any atom is -0.481 e. The first-order valence-corrected chi connectivity index (χ1v) is 11.9. The molecule has 0 radical (unpaired) electrons. The fourth-order valence-corrected chi connectivity index (χ4v) is 4.97. The predicted molar refractivity (Wildman–Crippen MR) is 142 cm³/mol. The van der Waals surface area contributed by atoms with E-state index < -0.39 is 5.97 Å². The van der Waals surface area contributed by atoms with Crippen molar-refractivity contribution in [3.8, 4) is 11.4 Å². The molecule has 0 bridgehead atoms. The molecule has 8 heteroatoms. The summed E-state index contributed by atoms with van der Waals surface area (Å²) in [5, 5.41) is 16.8. The van der Waals surface area contributed by atoms with Gasteiger partial charge in [0.15, 0.2) is 0 Å². The zero-order valence-electron chi connectivity index (χ0n) is 18.4. The number of nitrogens with one attached hydrogen (secondary N) is 3. The number of carbonyl (C=O) groups is 2. The second-order valence-electron chi connectivity index (χ2n) is 8.45. The fraction of sp³-hybridized carbons (Fsp3) is 0.0741. The topological polar surface area (TPSA) is 111 Å². The molecule has 0 saturated heterocycles. The van der Waals surface area contributed by atoms with E-state index in [1.54, 1.807) is 0 Å². The molecule has 0 aliphatic heterocycles. The summed E-state index contributed by atoms with van der Waals surface area (Å²) < 4.78 is 0.987. The third-order valence-corrected chi connectivity index (χ3v) is 6.71. The van der Waals surface area contributed by atoms with Crippen molar-refractivity contribution < 1.29 is 14.7 Å². The average Bonchev–Trinajstić information content (AvgIpc) is 3.47. The number of nitrogens with zero attached hydrogens (tertiary/aromatic N) is 1. The molecule has 35 heavy (non-hydrogen) atoms. The highest BCUT2D eigenvalue weighted by Crippen LogP contribution is 2.38. The van der Waals surface area contributed by atoms with Gasteiger partial charge in [0.05, 0.1) is 17.5 Å².